The standard InChI is InChI=1S/C21H25N5O3S/c1-13-18(12-30-21-23-24-25-26(21)2)28-20(16-4-3-5-17(22)10-16)29-19(13)15-8-6-14(11-27)7-9-15/h3-10,13,18-20,27H,11-12,22H2,1-2H3/t13-,18+,19+,20?/m0/s1. The summed E-state index contributed by atoms with van der Waals surface area (Å²) in [4.78, 5) is 0. The topological polar surface area (TPSA) is 108 Å². The smallest absolute Gasteiger partial charge is 0.209 e. The summed E-state index contributed by atoms with van der Waals surface area (Å²) < 4.78 is 14.4. The minimum Gasteiger partial charge on any atom is -0.399 e. The van der Waals surface area contributed by atoms with Gasteiger partial charge in [0.25, 0.3) is 0 Å². The Morgan fingerprint density at radius 3 is 2.60 bits per heavy atom. The molecule has 2 heterocycles. The Bertz CT molecular complexity index is 981. The zero-order valence-electron chi connectivity index (χ0n) is 16.9. The van der Waals surface area contributed by atoms with Crippen LogP contribution in [0.2, 0.25) is 0 Å². The molecule has 3 N–H and O–H groups in total. The maximum Gasteiger partial charge on any atom is 0.209 e. The first-order valence-electron chi connectivity index (χ1n) is 9.76. The van der Waals surface area contributed by atoms with Gasteiger partial charge in [-0.3, -0.25) is 0 Å². The van der Waals surface area contributed by atoms with Crippen LogP contribution in [-0.4, -0.2) is 37.2 Å². The highest BCUT2D eigenvalue weighted by molar-refractivity contribution is 7.99. The Balaban J connectivity index is 1.60. The van der Waals surface area contributed by atoms with Crippen LogP contribution in [0, 0.1) is 5.92 Å². The molecule has 1 fully saturated rings. The lowest BCUT2D eigenvalue weighted by Crippen LogP contribution is -2.38. The predicted molar refractivity (Wildman–Crippen MR) is 113 cm³/mol. The fourth-order valence-corrected chi connectivity index (χ4v) is 4.53. The first-order chi connectivity index (χ1) is 14.5. The van der Waals surface area contributed by atoms with Crippen LogP contribution in [0.5, 0.6) is 0 Å². The third-order valence-corrected chi connectivity index (χ3v) is 6.36. The van der Waals surface area contributed by atoms with Crippen molar-refractivity contribution in [3.8, 4) is 0 Å². The fraction of sp³-hybridized carbons (Fsp3) is 0.381. The van der Waals surface area contributed by atoms with Gasteiger partial charge in [0.2, 0.25) is 5.16 Å². The van der Waals surface area contributed by atoms with Gasteiger partial charge in [-0.15, -0.1) is 5.10 Å². The molecule has 1 aliphatic heterocycles. The number of thioether (sulfide) groups is 1. The van der Waals surface area contributed by atoms with E-state index >= 15 is 0 Å². The van der Waals surface area contributed by atoms with Gasteiger partial charge in [0, 0.05) is 30.0 Å². The van der Waals surface area contributed by atoms with Gasteiger partial charge in [-0.2, -0.15) is 0 Å². The van der Waals surface area contributed by atoms with E-state index in [-0.39, 0.29) is 24.7 Å². The number of hydrogen-bond acceptors (Lipinski definition) is 8. The third-order valence-electron chi connectivity index (χ3n) is 5.26. The first kappa shape index (κ1) is 20.8. The maximum atomic E-state index is 9.35. The van der Waals surface area contributed by atoms with Crippen molar-refractivity contribution in [3.05, 3.63) is 65.2 Å². The number of nitrogen functional groups attached to an aromatic ring is 1. The summed E-state index contributed by atoms with van der Waals surface area (Å²) >= 11 is 1.56. The number of hydrogen-bond donors (Lipinski definition) is 2. The molecule has 0 radical (unpaired) electrons. The summed E-state index contributed by atoms with van der Waals surface area (Å²) in [5, 5.41) is 21.7. The van der Waals surface area contributed by atoms with Gasteiger partial charge in [0.15, 0.2) is 6.29 Å². The molecule has 1 aliphatic rings. The number of nitrogens with zero attached hydrogens (tertiary/aromatic N) is 4. The van der Waals surface area contributed by atoms with Crippen molar-refractivity contribution in [1.29, 1.82) is 0 Å². The van der Waals surface area contributed by atoms with E-state index in [0.29, 0.717) is 11.4 Å². The van der Waals surface area contributed by atoms with Crippen LogP contribution in [0.25, 0.3) is 0 Å². The summed E-state index contributed by atoms with van der Waals surface area (Å²) in [5.41, 5.74) is 9.45. The summed E-state index contributed by atoms with van der Waals surface area (Å²) in [6, 6.07) is 15.4. The highest BCUT2D eigenvalue weighted by Gasteiger charge is 2.38. The molecule has 4 atom stereocenters. The first-order valence-corrected chi connectivity index (χ1v) is 10.7. The van der Waals surface area contributed by atoms with Crippen molar-refractivity contribution in [2.75, 3.05) is 11.5 Å². The zero-order valence-corrected chi connectivity index (χ0v) is 17.7. The van der Waals surface area contributed by atoms with E-state index in [0.717, 1.165) is 21.8 Å². The number of aromatic nitrogens is 4. The summed E-state index contributed by atoms with van der Waals surface area (Å²) in [6.07, 6.45) is -0.786. The number of nitrogens with two attached hydrogens (primary N) is 1. The quantitative estimate of drug-likeness (QED) is 0.457. The van der Waals surface area contributed by atoms with Crippen molar-refractivity contribution < 1.29 is 14.6 Å². The highest BCUT2D eigenvalue weighted by Crippen LogP contribution is 2.43. The average molecular weight is 428 g/mol. The number of aliphatic hydroxyl groups is 1. The van der Waals surface area contributed by atoms with Gasteiger partial charge in [0.05, 0.1) is 18.8 Å². The Morgan fingerprint density at radius 1 is 1.13 bits per heavy atom. The number of benzene rings is 2. The van der Waals surface area contributed by atoms with E-state index < -0.39 is 6.29 Å². The molecule has 4 rings (SSSR count). The van der Waals surface area contributed by atoms with Crippen molar-refractivity contribution in [2.24, 2.45) is 13.0 Å². The van der Waals surface area contributed by atoms with Crippen LogP contribution in [0.15, 0.2) is 53.7 Å². The molecular weight excluding hydrogens is 402 g/mol. The van der Waals surface area contributed by atoms with Gasteiger partial charge in [-0.1, -0.05) is 55.1 Å². The lowest BCUT2D eigenvalue weighted by Gasteiger charge is -2.41. The van der Waals surface area contributed by atoms with Gasteiger partial charge in [0.1, 0.15) is 0 Å². The number of rotatable bonds is 6. The Hall–Kier alpha value is -2.46. The predicted octanol–water partition coefficient (Wildman–Crippen LogP) is 2.87. The van der Waals surface area contributed by atoms with Crippen molar-refractivity contribution >= 4 is 17.4 Å². The molecule has 1 aromatic heterocycles. The van der Waals surface area contributed by atoms with Gasteiger partial charge < -0.3 is 20.3 Å². The van der Waals surface area contributed by atoms with Crippen LogP contribution >= 0.6 is 11.8 Å². The molecule has 158 valence electrons. The minimum absolute atomic E-state index is 0.0153. The maximum absolute atomic E-state index is 9.35. The SMILES string of the molecule is C[C@H]1[C@@H](CSc2nnnn2C)OC(c2cccc(N)c2)O[C@H]1c1ccc(CO)cc1. The van der Waals surface area contributed by atoms with Gasteiger partial charge in [-0.05, 0) is 33.7 Å². The molecule has 8 nitrogen and oxygen atoms in total. The van der Waals surface area contributed by atoms with Crippen LogP contribution < -0.4 is 5.73 Å². The van der Waals surface area contributed by atoms with E-state index in [1.165, 1.54) is 0 Å². The highest BCUT2D eigenvalue weighted by atomic mass is 32.2. The van der Waals surface area contributed by atoms with Crippen LogP contribution in [0.4, 0.5) is 5.69 Å². The second-order valence-corrected chi connectivity index (χ2v) is 8.38. The van der Waals surface area contributed by atoms with Crippen LogP contribution in [0.1, 0.15) is 36.0 Å². The normalized spacial score (nSPS) is 24.1. The van der Waals surface area contributed by atoms with Gasteiger partial charge in [-0.25, -0.2) is 4.68 Å². The molecule has 9 heteroatoms. The largest absolute Gasteiger partial charge is 0.399 e. The fourth-order valence-electron chi connectivity index (χ4n) is 3.52. The van der Waals surface area contributed by atoms with E-state index in [1.807, 2.05) is 55.6 Å². The molecule has 1 unspecified atom stereocenters. The molecule has 0 aliphatic carbocycles. The molecule has 30 heavy (non-hydrogen) atoms. The molecule has 3 aromatic rings. The second kappa shape index (κ2) is 9.13. The Kier molecular flexibility index (Phi) is 6.33. The van der Waals surface area contributed by atoms with Crippen molar-refractivity contribution in [2.45, 2.75) is 37.2 Å². The Morgan fingerprint density at radius 2 is 1.93 bits per heavy atom. The molecular formula is C21H25N5O3S. The summed E-state index contributed by atoms with van der Waals surface area (Å²) in [5.74, 6) is 0.777. The molecule has 1 saturated heterocycles. The van der Waals surface area contributed by atoms with Gasteiger partial charge >= 0.3 is 0 Å². The Labute approximate surface area is 179 Å². The number of tetrazole rings is 1. The summed E-state index contributed by atoms with van der Waals surface area (Å²) in [6.45, 7) is 2.14. The monoisotopic (exact) mass is 427 g/mol. The molecule has 2 aromatic carbocycles. The zero-order chi connectivity index (χ0) is 21.1. The summed E-state index contributed by atoms with van der Waals surface area (Å²) in [7, 11) is 1.82. The average Bonchev–Trinajstić information content (AvgIpc) is 3.18. The van der Waals surface area contributed by atoms with Crippen LogP contribution in [-0.2, 0) is 23.1 Å². The number of aliphatic hydroxyl groups excluding tert-OH is 1. The lowest BCUT2D eigenvalue weighted by atomic mass is 9.91. The van der Waals surface area contributed by atoms with Crippen molar-refractivity contribution in [1.82, 2.24) is 20.2 Å². The minimum atomic E-state index is -0.532. The van der Waals surface area contributed by atoms with E-state index in [1.54, 1.807) is 16.4 Å². The molecule has 0 spiro atoms. The van der Waals surface area contributed by atoms with E-state index in [2.05, 4.69) is 22.4 Å². The molecule has 0 bridgehead atoms. The number of aryl methyl sites for hydroxylation is 1. The third kappa shape index (κ3) is 4.49. The lowest BCUT2D eigenvalue weighted by molar-refractivity contribution is -0.268. The number of anilines is 1. The molecule has 0 saturated carbocycles. The second-order valence-electron chi connectivity index (χ2n) is 7.39. The van der Waals surface area contributed by atoms with Crippen molar-refractivity contribution in [3.63, 3.8) is 0 Å². The number of ether oxygens (including phenoxy) is 2. The van der Waals surface area contributed by atoms with E-state index in [9.17, 15) is 5.11 Å². The molecule has 0 amide bonds. The van der Waals surface area contributed by atoms with Crippen LogP contribution in [0.3, 0.4) is 0 Å². The van der Waals surface area contributed by atoms with E-state index in [4.69, 9.17) is 15.2 Å².